The third-order valence-electron chi connectivity index (χ3n) is 3.16. The average Bonchev–Trinajstić information content (AvgIpc) is 3.09. The van der Waals surface area contributed by atoms with Gasteiger partial charge in [-0.2, -0.15) is 0 Å². The number of amides is 1. The fourth-order valence-electron chi connectivity index (χ4n) is 2.08. The molecule has 0 N–H and O–H groups in total. The van der Waals surface area contributed by atoms with Crippen molar-refractivity contribution in [2.45, 2.75) is 6.42 Å². The largest absolute Gasteiger partial charge is 0.293 e. The van der Waals surface area contributed by atoms with Crippen LogP contribution in [0.4, 0.5) is 0 Å². The number of hydrogen-bond acceptors (Lipinski definition) is 4. The van der Waals surface area contributed by atoms with Crippen molar-refractivity contribution in [3.8, 4) is 0 Å². The molecule has 2 aromatic rings. The summed E-state index contributed by atoms with van der Waals surface area (Å²) in [6.07, 6.45) is 2.74. The first-order valence-corrected chi connectivity index (χ1v) is 8.67. The van der Waals surface area contributed by atoms with Crippen molar-refractivity contribution in [3.63, 3.8) is 0 Å². The zero-order valence-electron chi connectivity index (χ0n) is 11.2. The highest BCUT2D eigenvalue weighted by atomic mass is 32.2. The third kappa shape index (κ3) is 3.43. The summed E-state index contributed by atoms with van der Waals surface area (Å²) >= 11 is 8.35. The number of thioether (sulfide) groups is 1. The Labute approximate surface area is 137 Å². The summed E-state index contributed by atoms with van der Waals surface area (Å²) in [5.41, 5.74) is 1.22. The van der Waals surface area contributed by atoms with Gasteiger partial charge in [-0.15, -0.1) is 11.3 Å². The zero-order valence-corrected chi connectivity index (χ0v) is 13.6. The second kappa shape index (κ2) is 6.56. The van der Waals surface area contributed by atoms with Crippen LogP contribution >= 0.6 is 35.3 Å². The Morgan fingerprint density at radius 1 is 1.14 bits per heavy atom. The predicted molar refractivity (Wildman–Crippen MR) is 94.3 cm³/mol. The molecule has 2 heterocycles. The molecule has 2 nitrogen and oxygen atoms in total. The Morgan fingerprint density at radius 2 is 1.95 bits per heavy atom. The van der Waals surface area contributed by atoms with Crippen LogP contribution in [0.3, 0.4) is 0 Å². The quantitative estimate of drug-likeness (QED) is 0.619. The lowest BCUT2D eigenvalue weighted by molar-refractivity contribution is -0.122. The first kappa shape index (κ1) is 14.5. The molecule has 0 spiro atoms. The highest BCUT2D eigenvalue weighted by molar-refractivity contribution is 8.26. The second-order valence-corrected chi connectivity index (χ2v) is 7.24. The molecule has 1 aliphatic rings. The molecule has 1 aliphatic heterocycles. The summed E-state index contributed by atoms with van der Waals surface area (Å²) in [4.78, 5) is 15.9. The maximum absolute atomic E-state index is 12.4. The number of nitrogens with zero attached hydrogens (tertiary/aromatic N) is 1. The summed E-state index contributed by atoms with van der Waals surface area (Å²) in [5, 5.41) is 2.00. The molecule has 1 fully saturated rings. The molecular weight excluding hydrogens is 318 g/mol. The van der Waals surface area contributed by atoms with E-state index in [0.29, 0.717) is 10.9 Å². The average molecular weight is 331 g/mol. The van der Waals surface area contributed by atoms with E-state index in [2.05, 4.69) is 12.1 Å². The van der Waals surface area contributed by atoms with E-state index in [1.807, 2.05) is 41.8 Å². The lowest BCUT2D eigenvalue weighted by Gasteiger charge is -2.14. The minimum Gasteiger partial charge on any atom is -0.293 e. The molecule has 0 bridgehead atoms. The zero-order chi connectivity index (χ0) is 14.7. The number of hydrogen-bond donors (Lipinski definition) is 0. The summed E-state index contributed by atoms with van der Waals surface area (Å²) in [7, 11) is 0. The fraction of sp³-hybridized carbons (Fsp3) is 0.125. The van der Waals surface area contributed by atoms with Gasteiger partial charge in [0.15, 0.2) is 0 Å². The topological polar surface area (TPSA) is 20.3 Å². The Hall–Kier alpha value is -1.43. The van der Waals surface area contributed by atoms with Crippen LogP contribution in [0.25, 0.3) is 6.08 Å². The van der Waals surface area contributed by atoms with Gasteiger partial charge in [0.1, 0.15) is 4.32 Å². The van der Waals surface area contributed by atoms with Gasteiger partial charge in [-0.05, 0) is 29.5 Å². The van der Waals surface area contributed by atoms with E-state index in [4.69, 9.17) is 12.2 Å². The summed E-state index contributed by atoms with van der Waals surface area (Å²) in [6, 6.07) is 14.1. The molecule has 1 aromatic carbocycles. The Bertz CT molecular complexity index is 677. The lowest BCUT2D eigenvalue weighted by Crippen LogP contribution is -2.30. The minimum atomic E-state index is 0.0225. The van der Waals surface area contributed by atoms with Crippen molar-refractivity contribution in [3.05, 3.63) is 63.2 Å². The van der Waals surface area contributed by atoms with Crippen LogP contribution < -0.4 is 0 Å². The van der Waals surface area contributed by atoms with Gasteiger partial charge in [0.2, 0.25) is 0 Å². The van der Waals surface area contributed by atoms with Gasteiger partial charge in [-0.3, -0.25) is 9.69 Å². The van der Waals surface area contributed by atoms with E-state index in [1.54, 1.807) is 16.2 Å². The molecule has 0 unspecified atom stereocenters. The molecular formula is C16H13NOS3. The molecule has 0 atom stereocenters. The first-order chi connectivity index (χ1) is 10.2. The number of thiophene rings is 1. The summed E-state index contributed by atoms with van der Waals surface area (Å²) in [5.74, 6) is 0.0225. The van der Waals surface area contributed by atoms with E-state index in [9.17, 15) is 4.79 Å². The predicted octanol–water partition coefficient (Wildman–Crippen LogP) is 4.19. The number of carbonyl (C=O) groups excluding carboxylic acids is 1. The Balaban J connectivity index is 1.69. The molecule has 1 amide bonds. The number of carbonyl (C=O) groups is 1. The fourth-order valence-corrected chi connectivity index (χ4v) is 4.11. The van der Waals surface area contributed by atoms with E-state index in [1.165, 1.54) is 17.3 Å². The second-order valence-electron chi connectivity index (χ2n) is 4.58. The number of benzene rings is 1. The summed E-state index contributed by atoms with van der Waals surface area (Å²) < 4.78 is 0.652. The third-order valence-corrected chi connectivity index (χ3v) is 5.35. The van der Waals surface area contributed by atoms with Gasteiger partial charge in [0.25, 0.3) is 5.91 Å². The van der Waals surface area contributed by atoms with Crippen LogP contribution in [0, 0.1) is 0 Å². The van der Waals surface area contributed by atoms with E-state index in [0.717, 1.165) is 16.2 Å². The molecule has 0 aliphatic carbocycles. The highest BCUT2D eigenvalue weighted by Gasteiger charge is 2.31. The molecule has 0 saturated carbocycles. The maximum atomic E-state index is 12.4. The van der Waals surface area contributed by atoms with E-state index >= 15 is 0 Å². The van der Waals surface area contributed by atoms with Crippen LogP contribution in [0.1, 0.15) is 10.4 Å². The van der Waals surface area contributed by atoms with Gasteiger partial charge < -0.3 is 0 Å². The van der Waals surface area contributed by atoms with Gasteiger partial charge in [-0.1, -0.05) is 60.4 Å². The van der Waals surface area contributed by atoms with Crippen LogP contribution in [0.15, 0.2) is 52.7 Å². The molecule has 3 rings (SSSR count). The van der Waals surface area contributed by atoms with Crippen molar-refractivity contribution in [2.24, 2.45) is 0 Å². The lowest BCUT2D eigenvalue weighted by atomic mass is 10.1. The Kier molecular flexibility index (Phi) is 4.53. The van der Waals surface area contributed by atoms with E-state index < -0.39 is 0 Å². The van der Waals surface area contributed by atoms with Crippen LogP contribution in [0.2, 0.25) is 0 Å². The first-order valence-electron chi connectivity index (χ1n) is 6.57. The number of thiocarbonyl (C=S) groups is 1. The normalized spacial score (nSPS) is 17.0. The smallest absolute Gasteiger partial charge is 0.266 e. The van der Waals surface area contributed by atoms with Gasteiger partial charge in [-0.25, -0.2) is 0 Å². The van der Waals surface area contributed by atoms with Gasteiger partial charge >= 0.3 is 0 Å². The SMILES string of the molecule is O=C1/C(=C\c2cccs2)SC(=S)N1CCc1ccccc1. The van der Waals surface area contributed by atoms with Crippen molar-refractivity contribution in [1.29, 1.82) is 0 Å². The molecule has 21 heavy (non-hydrogen) atoms. The molecule has 5 heteroatoms. The van der Waals surface area contributed by atoms with Crippen LogP contribution in [-0.4, -0.2) is 21.7 Å². The van der Waals surface area contributed by atoms with Crippen LogP contribution in [-0.2, 0) is 11.2 Å². The van der Waals surface area contributed by atoms with Gasteiger partial charge in [0, 0.05) is 11.4 Å². The number of rotatable bonds is 4. The van der Waals surface area contributed by atoms with Crippen molar-refractivity contribution in [1.82, 2.24) is 4.90 Å². The minimum absolute atomic E-state index is 0.0225. The monoisotopic (exact) mass is 331 g/mol. The standard InChI is InChI=1S/C16H13NOS3/c18-15-14(11-13-7-4-10-20-13)21-16(19)17(15)9-8-12-5-2-1-3-6-12/h1-7,10-11H,8-9H2/b14-11+. The van der Waals surface area contributed by atoms with Gasteiger partial charge in [0.05, 0.1) is 4.91 Å². The van der Waals surface area contributed by atoms with Crippen LogP contribution in [0.5, 0.6) is 0 Å². The summed E-state index contributed by atoms with van der Waals surface area (Å²) in [6.45, 7) is 0.635. The Morgan fingerprint density at radius 3 is 2.67 bits per heavy atom. The van der Waals surface area contributed by atoms with Crippen molar-refractivity contribution >= 4 is 51.6 Å². The molecule has 1 saturated heterocycles. The van der Waals surface area contributed by atoms with Crippen molar-refractivity contribution in [2.75, 3.05) is 6.54 Å². The maximum Gasteiger partial charge on any atom is 0.266 e. The molecule has 0 radical (unpaired) electrons. The molecule has 106 valence electrons. The van der Waals surface area contributed by atoms with E-state index in [-0.39, 0.29) is 5.91 Å². The molecule has 1 aromatic heterocycles. The van der Waals surface area contributed by atoms with Crippen molar-refractivity contribution < 1.29 is 4.79 Å². The highest BCUT2D eigenvalue weighted by Crippen LogP contribution is 2.33.